The van der Waals surface area contributed by atoms with Crippen molar-refractivity contribution in [3.8, 4) is 5.75 Å². The maximum absolute atomic E-state index is 12.7. The standard InChI is InChI=1S/C23H29BrN2O4S/c1-17-13-18(2)15-22(14-17)30-12-9-25-23(27)20-7-10-26(11-8-20)31(28,29)16-19-3-5-21(24)6-4-19/h3-6,13-15,20H,7-12,16H2,1-2H3,(H,25,27). The number of amides is 1. The van der Waals surface area contributed by atoms with Crippen molar-refractivity contribution in [2.24, 2.45) is 5.92 Å². The molecule has 1 fully saturated rings. The van der Waals surface area contributed by atoms with Gasteiger partial charge in [0.2, 0.25) is 15.9 Å². The highest BCUT2D eigenvalue weighted by Gasteiger charge is 2.31. The Balaban J connectivity index is 1.41. The van der Waals surface area contributed by atoms with E-state index in [1.165, 1.54) is 4.31 Å². The van der Waals surface area contributed by atoms with Crippen LogP contribution in [0.25, 0.3) is 0 Å². The molecule has 0 aliphatic carbocycles. The lowest BCUT2D eigenvalue weighted by molar-refractivity contribution is -0.126. The molecule has 3 rings (SSSR count). The molecule has 1 saturated heterocycles. The Morgan fingerprint density at radius 3 is 2.32 bits per heavy atom. The largest absolute Gasteiger partial charge is 0.492 e. The van der Waals surface area contributed by atoms with E-state index in [4.69, 9.17) is 4.74 Å². The highest BCUT2D eigenvalue weighted by Crippen LogP contribution is 2.22. The normalized spacial score (nSPS) is 15.6. The Kier molecular flexibility index (Phi) is 8.13. The van der Waals surface area contributed by atoms with Gasteiger partial charge in [-0.1, -0.05) is 34.1 Å². The predicted molar refractivity (Wildman–Crippen MR) is 125 cm³/mol. The van der Waals surface area contributed by atoms with E-state index in [0.29, 0.717) is 39.1 Å². The van der Waals surface area contributed by atoms with Gasteiger partial charge in [0, 0.05) is 23.5 Å². The van der Waals surface area contributed by atoms with E-state index in [-0.39, 0.29) is 17.6 Å². The van der Waals surface area contributed by atoms with E-state index >= 15 is 0 Å². The molecule has 0 spiro atoms. The van der Waals surface area contributed by atoms with Crippen LogP contribution in [0.4, 0.5) is 0 Å². The summed E-state index contributed by atoms with van der Waals surface area (Å²) < 4.78 is 33.6. The molecule has 1 amide bonds. The average Bonchev–Trinajstić information content (AvgIpc) is 2.72. The Bertz CT molecular complexity index is 980. The van der Waals surface area contributed by atoms with Gasteiger partial charge in [-0.3, -0.25) is 4.79 Å². The van der Waals surface area contributed by atoms with E-state index in [9.17, 15) is 13.2 Å². The van der Waals surface area contributed by atoms with E-state index in [2.05, 4.69) is 27.3 Å². The van der Waals surface area contributed by atoms with Gasteiger partial charge >= 0.3 is 0 Å². The van der Waals surface area contributed by atoms with E-state index in [0.717, 1.165) is 26.9 Å². The predicted octanol–water partition coefficient (Wildman–Crippen LogP) is 3.80. The molecule has 0 unspecified atom stereocenters. The summed E-state index contributed by atoms with van der Waals surface area (Å²) in [5.74, 6) is 0.581. The van der Waals surface area contributed by atoms with Crippen molar-refractivity contribution in [2.45, 2.75) is 32.4 Å². The number of aryl methyl sites for hydroxylation is 2. The lowest BCUT2D eigenvalue weighted by Gasteiger charge is -2.30. The maximum atomic E-state index is 12.7. The van der Waals surface area contributed by atoms with Gasteiger partial charge in [-0.05, 0) is 67.6 Å². The molecule has 0 aromatic heterocycles. The Labute approximate surface area is 193 Å². The van der Waals surface area contributed by atoms with Crippen LogP contribution in [0, 0.1) is 19.8 Å². The van der Waals surface area contributed by atoms with Crippen LogP contribution in [-0.4, -0.2) is 44.9 Å². The lowest BCUT2D eigenvalue weighted by Crippen LogP contribution is -2.43. The van der Waals surface area contributed by atoms with Crippen LogP contribution in [0.5, 0.6) is 5.75 Å². The zero-order valence-electron chi connectivity index (χ0n) is 17.9. The summed E-state index contributed by atoms with van der Waals surface area (Å²) in [6.45, 7) is 5.61. The molecule has 1 aliphatic rings. The second-order valence-electron chi connectivity index (χ2n) is 8.02. The van der Waals surface area contributed by atoms with Gasteiger partial charge in [-0.2, -0.15) is 0 Å². The molecule has 0 bridgehead atoms. The van der Waals surface area contributed by atoms with Gasteiger partial charge in [0.15, 0.2) is 0 Å². The highest BCUT2D eigenvalue weighted by molar-refractivity contribution is 9.10. The number of nitrogens with zero attached hydrogens (tertiary/aromatic N) is 1. The number of sulfonamides is 1. The summed E-state index contributed by atoms with van der Waals surface area (Å²) in [4.78, 5) is 12.5. The van der Waals surface area contributed by atoms with Gasteiger partial charge in [0.1, 0.15) is 12.4 Å². The number of carbonyl (C=O) groups is 1. The minimum atomic E-state index is -3.39. The zero-order valence-corrected chi connectivity index (χ0v) is 20.3. The first kappa shape index (κ1) is 23.8. The fourth-order valence-electron chi connectivity index (χ4n) is 3.78. The third kappa shape index (κ3) is 7.05. The highest BCUT2D eigenvalue weighted by atomic mass is 79.9. The molecule has 2 aromatic rings. The van der Waals surface area contributed by atoms with Crippen molar-refractivity contribution in [3.63, 3.8) is 0 Å². The Hall–Kier alpha value is -1.90. The summed E-state index contributed by atoms with van der Waals surface area (Å²) in [6, 6.07) is 13.3. The number of hydrogen-bond acceptors (Lipinski definition) is 4. The molecule has 168 valence electrons. The zero-order chi connectivity index (χ0) is 22.4. The van der Waals surface area contributed by atoms with Crippen molar-refractivity contribution in [2.75, 3.05) is 26.2 Å². The number of rotatable bonds is 8. The molecule has 31 heavy (non-hydrogen) atoms. The van der Waals surface area contributed by atoms with E-state index in [1.54, 1.807) is 0 Å². The summed E-state index contributed by atoms with van der Waals surface area (Å²) in [6.07, 6.45) is 1.06. The molecule has 6 nitrogen and oxygen atoms in total. The fraction of sp³-hybridized carbons (Fsp3) is 0.435. The molecule has 0 atom stereocenters. The van der Waals surface area contributed by atoms with Crippen LogP contribution in [-0.2, 0) is 20.6 Å². The minimum Gasteiger partial charge on any atom is -0.492 e. The van der Waals surface area contributed by atoms with Crippen LogP contribution >= 0.6 is 15.9 Å². The third-order valence-corrected chi connectivity index (χ3v) is 7.72. The van der Waals surface area contributed by atoms with Crippen LogP contribution < -0.4 is 10.1 Å². The maximum Gasteiger partial charge on any atom is 0.223 e. The number of halogens is 1. The quantitative estimate of drug-likeness (QED) is 0.550. The first-order valence-electron chi connectivity index (χ1n) is 10.4. The SMILES string of the molecule is Cc1cc(C)cc(OCCNC(=O)C2CCN(S(=O)(=O)Cc3ccc(Br)cc3)CC2)c1. The molecule has 0 radical (unpaired) electrons. The number of ether oxygens (including phenoxy) is 1. The second kappa shape index (κ2) is 10.6. The van der Waals surface area contributed by atoms with E-state index in [1.807, 2.05) is 50.2 Å². The van der Waals surface area contributed by atoms with Gasteiger partial charge in [-0.25, -0.2) is 12.7 Å². The number of piperidine rings is 1. The average molecular weight is 509 g/mol. The van der Waals surface area contributed by atoms with E-state index < -0.39 is 10.0 Å². The van der Waals surface area contributed by atoms with Crippen molar-refractivity contribution >= 4 is 31.9 Å². The second-order valence-corrected chi connectivity index (χ2v) is 10.9. The summed E-state index contributed by atoms with van der Waals surface area (Å²) in [5.41, 5.74) is 3.04. The smallest absolute Gasteiger partial charge is 0.223 e. The number of benzene rings is 2. The first-order valence-corrected chi connectivity index (χ1v) is 12.8. The third-order valence-electron chi connectivity index (χ3n) is 5.35. The summed E-state index contributed by atoms with van der Waals surface area (Å²) in [7, 11) is -3.39. The monoisotopic (exact) mass is 508 g/mol. The Morgan fingerprint density at radius 2 is 1.71 bits per heavy atom. The van der Waals surface area contributed by atoms with Gasteiger partial charge in [0.05, 0.1) is 12.3 Å². The van der Waals surface area contributed by atoms with Crippen molar-refractivity contribution < 1.29 is 17.9 Å². The molecule has 0 saturated carbocycles. The first-order chi connectivity index (χ1) is 14.7. The van der Waals surface area contributed by atoms with Crippen molar-refractivity contribution in [3.05, 3.63) is 63.6 Å². The van der Waals surface area contributed by atoms with Gasteiger partial charge in [-0.15, -0.1) is 0 Å². The molecule has 1 aliphatic heterocycles. The van der Waals surface area contributed by atoms with Crippen LogP contribution in [0.3, 0.4) is 0 Å². The van der Waals surface area contributed by atoms with Crippen LogP contribution in [0.15, 0.2) is 46.9 Å². The minimum absolute atomic E-state index is 0.0209. The number of nitrogens with one attached hydrogen (secondary N) is 1. The topological polar surface area (TPSA) is 75.7 Å². The number of carbonyl (C=O) groups excluding carboxylic acids is 1. The lowest BCUT2D eigenvalue weighted by atomic mass is 9.97. The molecule has 1 N–H and O–H groups in total. The molecule has 1 heterocycles. The van der Waals surface area contributed by atoms with Crippen molar-refractivity contribution in [1.29, 1.82) is 0 Å². The fourth-order valence-corrected chi connectivity index (χ4v) is 5.61. The van der Waals surface area contributed by atoms with Crippen molar-refractivity contribution in [1.82, 2.24) is 9.62 Å². The van der Waals surface area contributed by atoms with Crippen LogP contribution in [0.1, 0.15) is 29.5 Å². The van der Waals surface area contributed by atoms with Crippen LogP contribution in [0.2, 0.25) is 0 Å². The van der Waals surface area contributed by atoms with Gasteiger partial charge < -0.3 is 10.1 Å². The summed E-state index contributed by atoms with van der Waals surface area (Å²) >= 11 is 3.36. The number of hydrogen-bond donors (Lipinski definition) is 1. The van der Waals surface area contributed by atoms with Gasteiger partial charge in [0.25, 0.3) is 0 Å². The molecule has 8 heteroatoms. The Morgan fingerprint density at radius 1 is 1.10 bits per heavy atom. The summed E-state index contributed by atoms with van der Waals surface area (Å²) in [5, 5.41) is 2.91. The molecular weight excluding hydrogens is 480 g/mol. The molecule has 2 aromatic carbocycles. The molecular formula is C23H29BrN2O4S.